The van der Waals surface area contributed by atoms with E-state index in [2.05, 4.69) is 10.6 Å². The van der Waals surface area contributed by atoms with Crippen molar-refractivity contribution in [2.75, 3.05) is 11.9 Å². The molecule has 2 amide bonds. The van der Waals surface area contributed by atoms with Crippen LogP contribution in [0.2, 0.25) is 0 Å². The maximum atomic E-state index is 11.9. The van der Waals surface area contributed by atoms with Crippen LogP contribution in [0.3, 0.4) is 0 Å². The number of amides is 2. The van der Waals surface area contributed by atoms with E-state index in [1.54, 1.807) is 12.1 Å². The van der Waals surface area contributed by atoms with Crippen LogP contribution in [-0.4, -0.2) is 23.8 Å². The molecule has 1 fully saturated rings. The second-order valence-electron chi connectivity index (χ2n) is 6.28. The van der Waals surface area contributed by atoms with E-state index in [1.165, 1.54) is 19.1 Å². The molecule has 2 aromatic rings. The molecule has 3 N–H and O–H groups in total. The Labute approximate surface area is 147 Å². The lowest BCUT2D eigenvalue weighted by molar-refractivity contribution is 0.0457. The molecule has 1 aromatic heterocycles. The van der Waals surface area contributed by atoms with Gasteiger partial charge < -0.3 is 24.9 Å². The van der Waals surface area contributed by atoms with Crippen molar-refractivity contribution in [3.05, 3.63) is 54.0 Å². The van der Waals surface area contributed by atoms with Gasteiger partial charge in [0, 0.05) is 5.69 Å². The van der Waals surface area contributed by atoms with Gasteiger partial charge in [0.2, 0.25) is 0 Å². The molecule has 0 radical (unpaired) electrons. The largest absolute Gasteiger partial charge is 0.467 e. The number of carbonyl (C=O) groups excluding carboxylic acids is 1. The smallest absolute Gasteiger partial charge is 0.319 e. The predicted molar refractivity (Wildman–Crippen MR) is 94.2 cm³/mol. The number of nitrogens with one attached hydrogen (secondary N) is 2. The molecule has 0 saturated heterocycles. The fraction of sp³-hybridized carbons (Fsp3) is 0.421. The number of urea groups is 1. The van der Waals surface area contributed by atoms with E-state index in [-0.39, 0.29) is 12.6 Å². The summed E-state index contributed by atoms with van der Waals surface area (Å²) in [6.45, 7) is 0.680. The predicted octanol–water partition coefficient (Wildman–Crippen LogP) is 3.59. The third-order valence-corrected chi connectivity index (χ3v) is 4.33. The molecule has 25 heavy (non-hydrogen) atoms. The number of furan rings is 1. The lowest BCUT2D eigenvalue weighted by Crippen LogP contribution is -2.32. The lowest BCUT2D eigenvalue weighted by Gasteiger charge is -2.12. The number of aliphatic hydroxyl groups excluding tert-OH is 1. The molecule has 0 aliphatic heterocycles. The number of hydrogen-bond donors (Lipinski definition) is 3. The maximum Gasteiger partial charge on any atom is 0.319 e. The Morgan fingerprint density at radius 3 is 2.68 bits per heavy atom. The van der Waals surface area contributed by atoms with Gasteiger partial charge in [0.1, 0.15) is 11.9 Å². The molecule has 1 saturated carbocycles. The van der Waals surface area contributed by atoms with E-state index in [0.717, 1.165) is 18.4 Å². The van der Waals surface area contributed by atoms with Crippen LogP contribution in [0.4, 0.5) is 10.5 Å². The molecule has 6 heteroatoms. The zero-order valence-electron chi connectivity index (χ0n) is 14.1. The first-order valence-corrected chi connectivity index (χ1v) is 8.67. The summed E-state index contributed by atoms with van der Waals surface area (Å²) >= 11 is 0. The first-order chi connectivity index (χ1) is 12.2. The molecule has 6 nitrogen and oxygen atoms in total. The number of hydrogen-bond acceptors (Lipinski definition) is 4. The summed E-state index contributed by atoms with van der Waals surface area (Å²) in [6.07, 6.45) is 5.85. The SMILES string of the molecule is O=C(NCC(O)c1ccco1)Nc1ccc(COC2CCCC2)cc1. The Hall–Kier alpha value is -2.31. The minimum atomic E-state index is -0.865. The van der Waals surface area contributed by atoms with Gasteiger partial charge in [0.25, 0.3) is 0 Å². The summed E-state index contributed by atoms with van der Waals surface area (Å²) in [6, 6.07) is 10.6. The molecule has 1 aliphatic carbocycles. The van der Waals surface area contributed by atoms with Crippen LogP contribution >= 0.6 is 0 Å². The molecule has 3 rings (SSSR count). The fourth-order valence-electron chi connectivity index (χ4n) is 2.90. The third kappa shape index (κ3) is 5.34. The van der Waals surface area contributed by atoms with Gasteiger partial charge in [-0.25, -0.2) is 4.79 Å². The van der Waals surface area contributed by atoms with Gasteiger partial charge in [-0.05, 0) is 42.7 Å². The Balaban J connectivity index is 1.40. The highest BCUT2D eigenvalue weighted by Crippen LogP contribution is 2.22. The first-order valence-electron chi connectivity index (χ1n) is 8.67. The number of aliphatic hydroxyl groups is 1. The highest BCUT2D eigenvalue weighted by molar-refractivity contribution is 5.89. The molecular weight excluding hydrogens is 320 g/mol. The van der Waals surface area contributed by atoms with Crippen molar-refractivity contribution < 1.29 is 19.1 Å². The summed E-state index contributed by atoms with van der Waals surface area (Å²) in [7, 11) is 0. The fourth-order valence-corrected chi connectivity index (χ4v) is 2.90. The van der Waals surface area contributed by atoms with Gasteiger partial charge >= 0.3 is 6.03 Å². The molecule has 1 aliphatic rings. The minimum absolute atomic E-state index is 0.0761. The third-order valence-electron chi connectivity index (χ3n) is 4.33. The molecule has 0 bridgehead atoms. The zero-order valence-corrected chi connectivity index (χ0v) is 14.1. The Kier molecular flexibility index (Phi) is 6.09. The van der Waals surface area contributed by atoms with Gasteiger partial charge in [0.05, 0.1) is 25.5 Å². The summed E-state index contributed by atoms with van der Waals surface area (Å²) in [5.74, 6) is 0.423. The summed E-state index contributed by atoms with van der Waals surface area (Å²) in [4.78, 5) is 11.9. The van der Waals surface area contributed by atoms with Crippen LogP contribution in [0.5, 0.6) is 0 Å². The van der Waals surface area contributed by atoms with Crippen molar-refractivity contribution in [2.24, 2.45) is 0 Å². The van der Waals surface area contributed by atoms with Crippen LogP contribution in [0, 0.1) is 0 Å². The Bertz CT molecular complexity index is 649. The van der Waals surface area contributed by atoms with E-state index >= 15 is 0 Å². The normalized spacial score (nSPS) is 15.9. The first kappa shape index (κ1) is 17.5. The van der Waals surface area contributed by atoms with E-state index in [0.29, 0.717) is 24.2 Å². The van der Waals surface area contributed by atoms with Crippen molar-refractivity contribution in [2.45, 2.75) is 44.5 Å². The van der Waals surface area contributed by atoms with Crippen LogP contribution < -0.4 is 10.6 Å². The molecule has 0 spiro atoms. The number of rotatable bonds is 7. The second kappa shape index (κ2) is 8.69. The van der Waals surface area contributed by atoms with Crippen molar-refractivity contribution in [1.82, 2.24) is 5.32 Å². The number of carbonyl (C=O) groups is 1. The van der Waals surface area contributed by atoms with Gasteiger partial charge in [0.15, 0.2) is 0 Å². The summed E-state index contributed by atoms with van der Waals surface area (Å²) in [5, 5.41) is 15.2. The van der Waals surface area contributed by atoms with E-state index < -0.39 is 6.10 Å². The standard InChI is InChI=1S/C19H24N2O4/c22-17(18-6-3-11-24-18)12-20-19(23)21-15-9-7-14(8-10-15)13-25-16-4-1-2-5-16/h3,6-11,16-17,22H,1-2,4-5,12-13H2,(H2,20,21,23). The van der Waals surface area contributed by atoms with Crippen LogP contribution in [0.25, 0.3) is 0 Å². The van der Waals surface area contributed by atoms with Crippen LogP contribution in [0.15, 0.2) is 47.1 Å². The van der Waals surface area contributed by atoms with Gasteiger partial charge in [-0.15, -0.1) is 0 Å². The van der Waals surface area contributed by atoms with Gasteiger partial charge in [-0.2, -0.15) is 0 Å². The molecule has 1 heterocycles. The second-order valence-corrected chi connectivity index (χ2v) is 6.28. The summed E-state index contributed by atoms with van der Waals surface area (Å²) in [5.41, 5.74) is 1.78. The summed E-state index contributed by atoms with van der Waals surface area (Å²) < 4.78 is 11.0. The monoisotopic (exact) mass is 344 g/mol. The van der Waals surface area contributed by atoms with E-state index in [4.69, 9.17) is 9.15 Å². The van der Waals surface area contributed by atoms with Crippen LogP contribution in [-0.2, 0) is 11.3 Å². The number of benzene rings is 1. The van der Waals surface area contributed by atoms with E-state index in [1.807, 2.05) is 24.3 Å². The Morgan fingerprint density at radius 2 is 2.00 bits per heavy atom. The molecule has 1 unspecified atom stereocenters. The van der Waals surface area contributed by atoms with Crippen molar-refractivity contribution >= 4 is 11.7 Å². The average Bonchev–Trinajstić information content (AvgIpc) is 3.32. The highest BCUT2D eigenvalue weighted by Gasteiger charge is 2.15. The molecule has 134 valence electrons. The van der Waals surface area contributed by atoms with Crippen LogP contribution in [0.1, 0.15) is 43.1 Å². The topological polar surface area (TPSA) is 83.7 Å². The van der Waals surface area contributed by atoms with Gasteiger partial charge in [-0.1, -0.05) is 25.0 Å². The zero-order chi connectivity index (χ0) is 17.5. The minimum Gasteiger partial charge on any atom is -0.467 e. The molecule has 1 aromatic carbocycles. The maximum absolute atomic E-state index is 11.9. The highest BCUT2D eigenvalue weighted by atomic mass is 16.5. The molecular formula is C19H24N2O4. The van der Waals surface area contributed by atoms with E-state index in [9.17, 15) is 9.90 Å². The van der Waals surface area contributed by atoms with Crippen molar-refractivity contribution in [1.29, 1.82) is 0 Å². The Morgan fingerprint density at radius 1 is 1.24 bits per heavy atom. The van der Waals surface area contributed by atoms with Gasteiger partial charge in [-0.3, -0.25) is 0 Å². The lowest BCUT2D eigenvalue weighted by atomic mass is 10.2. The van der Waals surface area contributed by atoms with Crippen molar-refractivity contribution in [3.8, 4) is 0 Å². The van der Waals surface area contributed by atoms with Crippen molar-refractivity contribution in [3.63, 3.8) is 0 Å². The number of anilines is 1. The number of ether oxygens (including phenoxy) is 1. The quantitative estimate of drug-likeness (QED) is 0.717. The molecule has 1 atom stereocenters. The average molecular weight is 344 g/mol.